The van der Waals surface area contributed by atoms with E-state index in [4.69, 9.17) is 21.1 Å². The maximum atomic E-state index is 11.7. The minimum Gasteiger partial charge on any atom is -0.484 e. The normalized spacial score (nSPS) is 18.5. The number of halogens is 1. The van der Waals surface area contributed by atoms with Crippen molar-refractivity contribution in [2.45, 2.75) is 32.3 Å². The Morgan fingerprint density at radius 1 is 1.19 bits per heavy atom. The van der Waals surface area contributed by atoms with E-state index in [0.717, 1.165) is 12.8 Å². The molecule has 2 amide bonds. The molecule has 7 heteroatoms. The van der Waals surface area contributed by atoms with Gasteiger partial charge < -0.3 is 20.1 Å². The van der Waals surface area contributed by atoms with Gasteiger partial charge in [0.25, 0.3) is 5.91 Å². The lowest BCUT2D eigenvalue weighted by Gasteiger charge is -2.32. The monoisotopic (exact) mass is 380 g/mol. The number of hydrogen-bond acceptors (Lipinski definition) is 4. The second-order valence-corrected chi connectivity index (χ2v) is 6.94. The van der Waals surface area contributed by atoms with Crippen LogP contribution in [-0.2, 0) is 14.3 Å². The van der Waals surface area contributed by atoms with Crippen molar-refractivity contribution in [1.29, 1.82) is 0 Å². The van der Waals surface area contributed by atoms with E-state index in [1.165, 1.54) is 0 Å². The molecule has 1 saturated carbocycles. The fourth-order valence-corrected chi connectivity index (χ4v) is 2.66. The number of nitrogens with one attached hydrogen (secondary N) is 2. The molecule has 0 bridgehead atoms. The van der Waals surface area contributed by atoms with E-state index in [1.807, 2.05) is 0 Å². The summed E-state index contributed by atoms with van der Waals surface area (Å²) in [7, 11) is 0. The van der Waals surface area contributed by atoms with Crippen molar-refractivity contribution in [2.75, 3.05) is 19.8 Å². The summed E-state index contributed by atoms with van der Waals surface area (Å²) >= 11 is 5.78. The Hall–Kier alpha value is -2.05. The van der Waals surface area contributed by atoms with Crippen molar-refractivity contribution in [2.24, 2.45) is 5.92 Å². The van der Waals surface area contributed by atoms with Gasteiger partial charge >= 0.3 is 0 Å². The molecule has 0 spiro atoms. The van der Waals surface area contributed by atoms with E-state index in [9.17, 15) is 9.59 Å². The van der Waals surface area contributed by atoms with E-state index in [2.05, 4.69) is 24.1 Å². The predicted octanol–water partition coefficient (Wildman–Crippen LogP) is 2.67. The van der Waals surface area contributed by atoms with Crippen molar-refractivity contribution < 1.29 is 19.1 Å². The molecule has 142 valence electrons. The molecule has 1 aliphatic carbocycles. The van der Waals surface area contributed by atoms with Gasteiger partial charge in [0.1, 0.15) is 12.4 Å². The molecule has 0 unspecified atom stereocenters. The highest BCUT2D eigenvalue weighted by Gasteiger charge is 2.26. The first-order valence-corrected chi connectivity index (χ1v) is 9.04. The lowest BCUT2D eigenvalue weighted by atomic mass is 9.84. The summed E-state index contributed by atoms with van der Waals surface area (Å²) in [5.74, 6) is 0.792. The third-order valence-electron chi connectivity index (χ3n) is 4.03. The summed E-state index contributed by atoms with van der Waals surface area (Å²) in [5, 5.41) is 5.99. The molecule has 1 aliphatic rings. The van der Waals surface area contributed by atoms with Gasteiger partial charge in [-0.3, -0.25) is 9.59 Å². The topological polar surface area (TPSA) is 76.7 Å². The third-order valence-corrected chi connectivity index (χ3v) is 4.28. The molecular weight excluding hydrogens is 356 g/mol. The van der Waals surface area contributed by atoms with E-state index >= 15 is 0 Å². The number of rotatable bonds is 10. The van der Waals surface area contributed by atoms with Crippen LogP contribution in [0.4, 0.5) is 0 Å². The minimum absolute atomic E-state index is 0.0394. The summed E-state index contributed by atoms with van der Waals surface area (Å²) in [6.07, 6.45) is 2.67. The molecule has 2 N–H and O–H groups in total. The molecule has 1 aromatic rings. The van der Waals surface area contributed by atoms with E-state index in [-0.39, 0.29) is 31.1 Å². The van der Waals surface area contributed by atoms with Crippen molar-refractivity contribution in [1.82, 2.24) is 10.6 Å². The van der Waals surface area contributed by atoms with Gasteiger partial charge in [-0.2, -0.15) is 0 Å². The first kappa shape index (κ1) is 20.3. The number of carbonyl (C=O) groups is 2. The Morgan fingerprint density at radius 3 is 2.54 bits per heavy atom. The van der Waals surface area contributed by atoms with Crippen LogP contribution in [-0.4, -0.2) is 37.7 Å². The van der Waals surface area contributed by atoms with Crippen LogP contribution in [0.25, 0.3) is 0 Å². The van der Waals surface area contributed by atoms with Crippen LogP contribution < -0.4 is 15.4 Å². The quantitative estimate of drug-likeness (QED) is 0.654. The highest BCUT2D eigenvalue weighted by Crippen LogP contribution is 2.28. The van der Waals surface area contributed by atoms with Crippen molar-refractivity contribution in [3.63, 3.8) is 0 Å². The van der Waals surface area contributed by atoms with Crippen LogP contribution in [0, 0.1) is 5.92 Å². The van der Waals surface area contributed by atoms with Crippen LogP contribution in [0.15, 0.2) is 36.5 Å². The van der Waals surface area contributed by atoms with Gasteiger partial charge in [0.15, 0.2) is 6.61 Å². The molecule has 0 saturated heterocycles. The summed E-state index contributed by atoms with van der Waals surface area (Å²) in [6, 6.07) is 6.77. The average molecular weight is 381 g/mol. The van der Waals surface area contributed by atoms with Gasteiger partial charge in [0, 0.05) is 23.7 Å². The molecule has 2 rings (SSSR count). The first-order valence-electron chi connectivity index (χ1n) is 8.66. The molecular formula is C19H25ClN2O4. The summed E-state index contributed by atoms with van der Waals surface area (Å²) in [5.41, 5.74) is 0.541. The summed E-state index contributed by atoms with van der Waals surface area (Å²) < 4.78 is 10.8. The lowest BCUT2D eigenvalue weighted by molar-refractivity contribution is -0.130. The first-order chi connectivity index (χ1) is 12.4. The zero-order chi connectivity index (χ0) is 18.9. The lowest BCUT2D eigenvalue weighted by Crippen LogP contribution is -2.35. The highest BCUT2D eigenvalue weighted by molar-refractivity contribution is 6.30. The molecule has 0 atom stereocenters. The van der Waals surface area contributed by atoms with Gasteiger partial charge in [-0.25, -0.2) is 0 Å². The highest BCUT2D eigenvalue weighted by atomic mass is 35.5. The fourth-order valence-electron chi connectivity index (χ4n) is 2.54. The molecule has 6 nitrogen and oxygen atoms in total. The van der Waals surface area contributed by atoms with Crippen LogP contribution >= 0.6 is 11.6 Å². The number of hydrogen-bond donors (Lipinski definition) is 2. The molecule has 0 radical (unpaired) electrons. The van der Waals surface area contributed by atoms with E-state index in [1.54, 1.807) is 24.3 Å². The van der Waals surface area contributed by atoms with Gasteiger partial charge in [-0.1, -0.05) is 25.1 Å². The second-order valence-electron chi connectivity index (χ2n) is 6.50. The zero-order valence-electron chi connectivity index (χ0n) is 14.9. The number of ether oxygens (including phenoxy) is 2. The Balaban J connectivity index is 1.52. The second kappa shape index (κ2) is 10.2. The average Bonchev–Trinajstić information content (AvgIpc) is 2.57. The largest absolute Gasteiger partial charge is 0.484 e. The van der Waals surface area contributed by atoms with Crippen LogP contribution in [0.5, 0.6) is 5.75 Å². The molecule has 0 heterocycles. The molecule has 0 aliphatic heterocycles. The number of amides is 2. The maximum absolute atomic E-state index is 11.7. The molecule has 0 aromatic heterocycles. The van der Waals surface area contributed by atoms with E-state index in [0.29, 0.717) is 35.4 Å². The van der Waals surface area contributed by atoms with E-state index < -0.39 is 0 Å². The zero-order valence-corrected chi connectivity index (χ0v) is 15.7. The van der Waals surface area contributed by atoms with Crippen molar-refractivity contribution in [3.05, 3.63) is 41.6 Å². The molecule has 26 heavy (non-hydrogen) atoms. The predicted molar refractivity (Wildman–Crippen MR) is 100.0 cm³/mol. The molecule has 1 fully saturated rings. The Bertz CT molecular complexity index is 627. The smallest absolute Gasteiger partial charge is 0.257 e. The van der Waals surface area contributed by atoms with Gasteiger partial charge in [-0.05, 0) is 43.0 Å². The van der Waals surface area contributed by atoms with Crippen LogP contribution in [0.1, 0.15) is 26.2 Å². The van der Waals surface area contributed by atoms with Gasteiger partial charge in [0.05, 0.1) is 6.10 Å². The number of benzene rings is 1. The Morgan fingerprint density at radius 2 is 1.88 bits per heavy atom. The summed E-state index contributed by atoms with van der Waals surface area (Å²) in [6.45, 7) is 6.26. The standard InChI is InChI=1S/C19H25ClN2O4/c1-13-9-17(10-13)26-12-19(24)22-14(2)7-8-21-18(23)11-25-16-5-3-15(20)4-6-16/h3-6,13,17H,2,7-12H2,1H3,(H,21,23)(H,22,24)/t13-,17+. The molecule has 1 aromatic carbocycles. The Labute approximate surface area is 158 Å². The van der Waals surface area contributed by atoms with Gasteiger partial charge in [0.2, 0.25) is 5.91 Å². The van der Waals surface area contributed by atoms with Crippen LogP contribution in [0.3, 0.4) is 0 Å². The number of carbonyl (C=O) groups excluding carboxylic acids is 2. The minimum atomic E-state index is -0.249. The van der Waals surface area contributed by atoms with Crippen molar-refractivity contribution in [3.8, 4) is 5.75 Å². The van der Waals surface area contributed by atoms with Gasteiger partial charge in [-0.15, -0.1) is 0 Å². The fraction of sp³-hybridized carbons (Fsp3) is 0.474. The van der Waals surface area contributed by atoms with Crippen molar-refractivity contribution >= 4 is 23.4 Å². The Kier molecular flexibility index (Phi) is 7.94. The SMILES string of the molecule is C=C(CCNC(=O)COc1ccc(Cl)cc1)NC(=O)CO[C@H]1C[C@@H](C)C1. The van der Waals surface area contributed by atoms with Crippen LogP contribution in [0.2, 0.25) is 5.02 Å². The summed E-state index contributed by atoms with van der Waals surface area (Å²) in [4.78, 5) is 23.5. The third kappa shape index (κ3) is 7.45. The maximum Gasteiger partial charge on any atom is 0.257 e.